The fraction of sp³-hybridized carbons (Fsp3) is 0.316. The van der Waals surface area contributed by atoms with Gasteiger partial charge in [0.25, 0.3) is 0 Å². The quantitative estimate of drug-likeness (QED) is 0.904. The summed E-state index contributed by atoms with van der Waals surface area (Å²) < 4.78 is 10.9. The molecule has 3 rings (SSSR count). The Labute approximate surface area is 146 Å². The van der Waals surface area contributed by atoms with E-state index in [2.05, 4.69) is 5.32 Å². The molecule has 0 saturated heterocycles. The first-order valence-corrected chi connectivity index (χ1v) is 8.35. The lowest BCUT2D eigenvalue weighted by Crippen LogP contribution is -2.38. The number of nitrogens with one attached hydrogen (secondary N) is 1. The maximum Gasteiger partial charge on any atom is 0.226 e. The maximum absolute atomic E-state index is 12.4. The minimum absolute atomic E-state index is 0.0254. The summed E-state index contributed by atoms with van der Waals surface area (Å²) in [4.78, 5) is 12.4. The molecule has 0 saturated carbocycles. The first kappa shape index (κ1) is 16.7. The van der Waals surface area contributed by atoms with Crippen LogP contribution in [-0.4, -0.2) is 26.2 Å². The van der Waals surface area contributed by atoms with E-state index in [0.717, 1.165) is 34.1 Å². The molecule has 0 bridgehead atoms. The molecule has 0 aliphatic carbocycles. The summed E-state index contributed by atoms with van der Waals surface area (Å²) in [6.45, 7) is 1.01. The Kier molecular flexibility index (Phi) is 5.26. The van der Waals surface area contributed by atoms with Gasteiger partial charge in [-0.05, 0) is 54.3 Å². The third-order valence-electron chi connectivity index (χ3n) is 4.17. The van der Waals surface area contributed by atoms with E-state index in [1.165, 1.54) is 0 Å². The zero-order chi connectivity index (χ0) is 16.9. The molecule has 1 amide bonds. The van der Waals surface area contributed by atoms with E-state index >= 15 is 0 Å². The van der Waals surface area contributed by atoms with E-state index < -0.39 is 0 Å². The number of rotatable bonds is 5. The molecule has 1 aliphatic heterocycles. The predicted molar refractivity (Wildman–Crippen MR) is 93.8 cm³/mol. The molecule has 1 N–H and O–H groups in total. The number of hydrogen-bond donors (Lipinski definition) is 1. The minimum Gasteiger partial charge on any atom is -0.497 e. The number of ether oxygens (including phenoxy) is 2. The van der Waals surface area contributed by atoms with Crippen molar-refractivity contribution in [3.05, 3.63) is 58.6 Å². The van der Waals surface area contributed by atoms with Crippen molar-refractivity contribution in [1.29, 1.82) is 0 Å². The molecule has 2 aromatic rings. The summed E-state index contributed by atoms with van der Waals surface area (Å²) in [6.07, 6.45) is 1.44. The molecule has 1 heterocycles. The second-order valence-electron chi connectivity index (χ2n) is 5.85. The average molecular weight is 346 g/mol. The summed E-state index contributed by atoms with van der Waals surface area (Å²) in [5.41, 5.74) is 2.16. The van der Waals surface area contributed by atoms with Gasteiger partial charge < -0.3 is 14.8 Å². The van der Waals surface area contributed by atoms with Gasteiger partial charge in [-0.3, -0.25) is 4.79 Å². The van der Waals surface area contributed by atoms with Crippen LogP contribution in [0, 0.1) is 5.92 Å². The van der Waals surface area contributed by atoms with Gasteiger partial charge in [0.2, 0.25) is 5.91 Å². The largest absolute Gasteiger partial charge is 0.497 e. The van der Waals surface area contributed by atoms with E-state index in [1.807, 2.05) is 42.5 Å². The van der Waals surface area contributed by atoms with Crippen LogP contribution in [0.25, 0.3) is 0 Å². The Morgan fingerprint density at radius 2 is 2.08 bits per heavy atom. The van der Waals surface area contributed by atoms with Gasteiger partial charge in [0.05, 0.1) is 13.0 Å². The lowest BCUT2D eigenvalue weighted by molar-refractivity contribution is -0.126. The van der Waals surface area contributed by atoms with Crippen LogP contribution in [0.2, 0.25) is 5.02 Å². The predicted octanol–water partition coefficient (Wildman–Crippen LogP) is 3.26. The van der Waals surface area contributed by atoms with Crippen LogP contribution in [0.4, 0.5) is 0 Å². The van der Waals surface area contributed by atoms with Crippen LogP contribution < -0.4 is 14.8 Å². The zero-order valence-electron chi connectivity index (χ0n) is 13.5. The van der Waals surface area contributed by atoms with Crippen LogP contribution in [0.5, 0.6) is 11.5 Å². The molecule has 5 heteroatoms. The van der Waals surface area contributed by atoms with E-state index in [9.17, 15) is 4.79 Å². The van der Waals surface area contributed by atoms with E-state index in [0.29, 0.717) is 19.6 Å². The van der Waals surface area contributed by atoms with Crippen LogP contribution in [0.15, 0.2) is 42.5 Å². The third-order valence-corrected chi connectivity index (χ3v) is 4.42. The summed E-state index contributed by atoms with van der Waals surface area (Å²) in [5.74, 6) is 1.47. The SMILES string of the molecule is COc1ccc2c(c1)CC(C(=O)NCCc1ccc(Cl)cc1)CO2. The molecule has 1 atom stereocenters. The topological polar surface area (TPSA) is 47.6 Å². The lowest BCUT2D eigenvalue weighted by Gasteiger charge is -2.25. The maximum atomic E-state index is 12.4. The first-order chi connectivity index (χ1) is 11.7. The van der Waals surface area contributed by atoms with Gasteiger partial charge in [0, 0.05) is 11.6 Å². The van der Waals surface area contributed by atoms with Crippen molar-refractivity contribution in [1.82, 2.24) is 5.32 Å². The average Bonchev–Trinajstić information content (AvgIpc) is 2.62. The molecule has 1 unspecified atom stereocenters. The molecule has 2 aromatic carbocycles. The number of fused-ring (bicyclic) bond motifs is 1. The summed E-state index contributed by atoms with van der Waals surface area (Å²) in [6, 6.07) is 13.4. The fourth-order valence-corrected chi connectivity index (χ4v) is 2.92. The van der Waals surface area contributed by atoms with Crippen molar-refractivity contribution in [3.8, 4) is 11.5 Å². The lowest BCUT2D eigenvalue weighted by atomic mass is 9.95. The molecule has 4 nitrogen and oxygen atoms in total. The molecule has 0 radical (unpaired) electrons. The van der Waals surface area contributed by atoms with Gasteiger partial charge >= 0.3 is 0 Å². The van der Waals surface area contributed by atoms with Crippen molar-refractivity contribution in [2.75, 3.05) is 20.3 Å². The zero-order valence-corrected chi connectivity index (χ0v) is 14.3. The molecule has 24 heavy (non-hydrogen) atoms. The Balaban J connectivity index is 1.53. The Morgan fingerprint density at radius 1 is 1.29 bits per heavy atom. The summed E-state index contributed by atoms with van der Waals surface area (Å²) in [5, 5.41) is 3.71. The molecule has 0 fully saturated rings. The van der Waals surface area contributed by atoms with Gasteiger partial charge in [-0.15, -0.1) is 0 Å². The molecular formula is C19H20ClNO3. The molecular weight excluding hydrogens is 326 g/mol. The second kappa shape index (κ2) is 7.58. The standard InChI is InChI=1S/C19H20ClNO3/c1-23-17-6-7-18-14(11-17)10-15(12-24-18)19(22)21-9-8-13-2-4-16(20)5-3-13/h2-7,11,15H,8-10,12H2,1H3,(H,21,22). The van der Waals surface area contributed by atoms with Crippen molar-refractivity contribution >= 4 is 17.5 Å². The Hall–Kier alpha value is -2.20. The first-order valence-electron chi connectivity index (χ1n) is 7.97. The number of benzene rings is 2. The minimum atomic E-state index is -0.171. The number of amides is 1. The van der Waals surface area contributed by atoms with Crippen molar-refractivity contribution < 1.29 is 14.3 Å². The van der Waals surface area contributed by atoms with Gasteiger partial charge in [-0.2, -0.15) is 0 Å². The van der Waals surface area contributed by atoms with Crippen molar-refractivity contribution in [2.24, 2.45) is 5.92 Å². The molecule has 1 aliphatic rings. The summed E-state index contributed by atoms with van der Waals surface area (Å²) in [7, 11) is 1.63. The van der Waals surface area contributed by atoms with E-state index in [4.69, 9.17) is 21.1 Å². The number of hydrogen-bond acceptors (Lipinski definition) is 3. The van der Waals surface area contributed by atoms with Crippen LogP contribution in [-0.2, 0) is 17.6 Å². The molecule has 0 spiro atoms. The van der Waals surface area contributed by atoms with Crippen LogP contribution in [0.1, 0.15) is 11.1 Å². The van der Waals surface area contributed by atoms with Crippen LogP contribution in [0.3, 0.4) is 0 Å². The molecule has 0 aromatic heterocycles. The highest BCUT2D eigenvalue weighted by atomic mass is 35.5. The number of methoxy groups -OCH3 is 1. The van der Waals surface area contributed by atoms with Gasteiger partial charge in [0.1, 0.15) is 18.1 Å². The number of carbonyl (C=O) groups excluding carboxylic acids is 1. The number of halogens is 1. The second-order valence-corrected chi connectivity index (χ2v) is 6.29. The third kappa shape index (κ3) is 4.01. The summed E-state index contributed by atoms with van der Waals surface area (Å²) >= 11 is 5.87. The van der Waals surface area contributed by atoms with Crippen molar-refractivity contribution in [2.45, 2.75) is 12.8 Å². The van der Waals surface area contributed by atoms with Crippen molar-refractivity contribution in [3.63, 3.8) is 0 Å². The monoisotopic (exact) mass is 345 g/mol. The molecule has 126 valence electrons. The van der Waals surface area contributed by atoms with E-state index in [1.54, 1.807) is 7.11 Å². The smallest absolute Gasteiger partial charge is 0.226 e. The van der Waals surface area contributed by atoms with Crippen LogP contribution >= 0.6 is 11.6 Å². The van der Waals surface area contributed by atoms with Gasteiger partial charge in [-0.1, -0.05) is 23.7 Å². The fourth-order valence-electron chi connectivity index (χ4n) is 2.79. The highest BCUT2D eigenvalue weighted by Gasteiger charge is 2.26. The normalized spacial score (nSPS) is 16.0. The van der Waals surface area contributed by atoms with Gasteiger partial charge in [-0.25, -0.2) is 0 Å². The van der Waals surface area contributed by atoms with E-state index in [-0.39, 0.29) is 11.8 Å². The highest BCUT2D eigenvalue weighted by molar-refractivity contribution is 6.30. The Bertz CT molecular complexity index is 715. The Morgan fingerprint density at radius 3 is 2.83 bits per heavy atom. The highest BCUT2D eigenvalue weighted by Crippen LogP contribution is 2.30. The van der Waals surface area contributed by atoms with Gasteiger partial charge in [0.15, 0.2) is 0 Å². The number of carbonyl (C=O) groups is 1.